The Morgan fingerprint density at radius 1 is 0.933 bits per heavy atom. The van der Waals surface area contributed by atoms with Crippen molar-refractivity contribution in [3.05, 3.63) is 59.9 Å². The van der Waals surface area contributed by atoms with Gasteiger partial charge in [-0.25, -0.2) is 15.0 Å². The maximum atomic E-state index is 12.9. The summed E-state index contributed by atoms with van der Waals surface area (Å²) >= 11 is 0. The second-order valence-electron chi connectivity index (χ2n) is 7.74. The fourth-order valence-corrected chi connectivity index (χ4v) is 3.59. The minimum atomic E-state index is 0.0767. The van der Waals surface area contributed by atoms with Crippen molar-refractivity contribution in [1.29, 1.82) is 0 Å². The van der Waals surface area contributed by atoms with Gasteiger partial charge in [0.2, 0.25) is 0 Å². The molecule has 1 amide bonds. The van der Waals surface area contributed by atoms with Gasteiger partial charge in [-0.05, 0) is 38.1 Å². The molecule has 30 heavy (non-hydrogen) atoms. The summed E-state index contributed by atoms with van der Waals surface area (Å²) in [5.74, 6) is 1.75. The number of carbonyl (C=O) groups is 1. The molecule has 1 aliphatic rings. The van der Waals surface area contributed by atoms with E-state index in [4.69, 9.17) is 0 Å². The van der Waals surface area contributed by atoms with Crippen molar-refractivity contribution < 1.29 is 4.79 Å². The topological polar surface area (TPSA) is 70.4 Å². The van der Waals surface area contributed by atoms with Gasteiger partial charge in [0.05, 0.1) is 5.69 Å². The van der Waals surface area contributed by atoms with Crippen molar-refractivity contribution in [1.82, 2.24) is 24.4 Å². The van der Waals surface area contributed by atoms with Crippen LogP contribution in [-0.4, -0.2) is 70.6 Å². The Labute approximate surface area is 176 Å². The van der Waals surface area contributed by atoms with Gasteiger partial charge in [-0.3, -0.25) is 9.36 Å². The molecule has 8 nitrogen and oxygen atoms in total. The summed E-state index contributed by atoms with van der Waals surface area (Å²) in [6, 6.07) is 9.73. The SMILES string of the molecule is Cc1ncn(-c2cc(N3CCN(C(=O)c4ccc(N(C)C)cc4)CC3)ncn2)c1C. The zero-order valence-electron chi connectivity index (χ0n) is 17.9. The smallest absolute Gasteiger partial charge is 0.253 e. The first-order valence-electron chi connectivity index (χ1n) is 10.1. The Balaban J connectivity index is 1.43. The minimum absolute atomic E-state index is 0.0767. The predicted molar refractivity (Wildman–Crippen MR) is 118 cm³/mol. The van der Waals surface area contributed by atoms with E-state index in [0.29, 0.717) is 13.1 Å². The lowest BCUT2D eigenvalue weighted by atomic mass is 10.1. The molecule has 0 radical (unpaired) electrons. The van der Waals surface area contributed by atoms with Crippen LogP contribution in [-0.2, 0) is 0 Å². The second-order valence-corrected chi connectivity index (χ2v) is 7.74. The van der Waals surface area contributed by atoms with Gasteiger partial charge in [-0.1, -0.05) is 0 Å². The lowest BCUT2D eigenvalue weighted by molar-refractivity contribution is 0.0746. The van der Waals surface area contributed by atoms with E-state index >= 15 is 0 Å². The lowest BCUT2D eigenvalue weighted by Gasteiger charge is -2.35. The number of piperazine rings is 1. The number of aromatic nitrogens is 4. The van der Waals surface area contributed by atoms with Crippen molar-refractivity contribution in [2.75, 3.05) is 50.1 Å². The average molecular weight is 406 g/mol. The van der Waals surface area contributed by atoms with Gasteiger partial charge in [0.25, 0.3) is 5.91 Å². The molecule has 8 heteroatoms. The number of imidazole rings is 1. The summed E-state index contributed by atoms with van der Waals surface area (Å²) in [6.07, 6.45) is 3.37. The van der Waals surface area contributed by atoms with Crippen LogP contribution in [0.5, 0.6) is 0 Å². The zero-order valence-corrected chi connectivity index (χ0v) is 17.9. The monoisotopic (exact) mass is 405 g/mol. The minimum Gasteiger partial charge on any atom is -0.378 e. The molecule has 3 heterocycles. The predicted octanol–water partition coefficient (Wildman–Crippen LogP) is 2.31. The number of rotatable bonds is 4. The highest BCUT2D eigenvalue weighted by molar-refractivity contribution is 5.94. The highest BCUT2D eigenvalue weighted by Gasteiger charge is 2.23. The third kappa shape index (κ3) is 3.85. The number of anilines is 2. The van der Waals surface area contributed by atoms with Gasteiger partial charge in [-0.15, -0.1) is 0 Å². The van der Waals surface area contributed by atoms with Crippen LogP contribution in [0.1, 0.15) is 21.7 Å². The van der Waals surface area contributed by atoms with Crippen molar-refractivity contribution >= 4 is 17.4 Å². The Morgan fingerprint density at radius 3 is 2.20 bits per heavy atom. The Morgan fingerprint density at radius 2 is 1.60 bits per heavy atom. The number of carbonyl (C=O) groups excluding carboxylic acids is 1. The van der Waals surface area contributed by atoms with E-state index in [-0.39, 0.29) is 5.91 Å². The molecular weight excluding hydrogens is 378 g/mol. The molecule has 1 aliphatic heterocycles. The van der Waals surface area contributed by atoms with E-state index in [1.165, 1.54) is 0 Å². The average Bonchev–Trinajstić information content (AvgIpc) is 3.12. The molecule has 1 saturated heterocycles. The normalized spacial score (nSPS) is 14.1. The Kier molecular flexibility index (Phi) is 5.39. The molecule has 2 aromatic heterocycles. The number of amides is 1. The van der Waals surface area contributed by atoms with E-state index in [0.717, 1.165) is 47.4 Å². The molecule has 0 spiro atoms. The summed E-state index contributed by atoms with van der Waals surface area (Å²) in [5.41, 5.74) is 3.86. The van der Waals surface area contributed by atoms with Gasteiger partial charge < -0.3 is 14.7 Å². The van der Waals surface area contributed by atoms with E-state index in [2.05, 4.69) is 19.9 Å². The molecule has 1 aromatic carbocycles. The highest BCUT2D eigenvalue weighted by Crippen LogP contribution is 2.19. The molecule has 3 aromatic rings. The van der Waals surface area contributed by atoms with Crippen molar-refractivity contribution in [2.24, 2.45) is 0 Å². The van der Waals surface area contributed by atoms with E-state index < -0.39 is 0 Å². The van der Waals surface area contributed by atoms with Crippen LogP contribution in [0.4, 0.5) is 11.5 Å². The fourth-order valence-electron chi connectivity index (χ4n) is 3.59. The van der Waals surface area contributed by atoms with Crippen LogP contribution in [0, 0.1) is 13.8 Å². The summed E-state index contributed by atoms with van der Waals surface area (Å²) < 4.78 is 1.97. The molecule has 4 rings (SSSR count). The summed E-state index contributed by atoms with van der Waals surface area (Å²) in [5, 5.41) is 0. The van der Waals surface area contributed by atoms with Crippen LogP contribution in [0.15, 0.2) is 43.0 Å². The lowest BCUT2D eigenvalue weighted by Crippen LogP contribution is -2.49. The number of hydrogen-bond acceptors (Lipinski definition) is 6. The van der Waals surface area contributed by atoms with Crippen LogP contribution in [0.25, 0.3) is 5.82 Å². The number of nitrogens with zero attached hydrogens (tertiary/aromatic N) is 7. The van der Waals surface area contributed by atoms with Gasteiger partial charge in [0, 0.05) is 63.3 Å². The molecule has 156 valence electrons. The van der Waals surface area contributed by atoms with Crippen molar-refractivity contribution in [2.45, 2.75) is 13.8 Å². The first-order chi connectivity index (χ1) is 14.4. The molecule has 0 bridgehead atoms. The van der Waals surface area contributed by atoms with Gasteiger partial charge in [0.15, 0.2) is 0 Å². The molecule has 0 aliphatic carbocycles. The number of hydrogen-bond donors (Lipinski definition) is 0. The van der Waals surface area contributed by atoms with Crippen LogP contribution < -0.4 is 9.80 Å². The molecular formula is C22H27N7O. The van der Waals surface area contributed by atoms with Gasteiger partial charge in [0.1, 0.15) is 24.3 Å². The second kappa shape index (κ2) is 8.14. The number of benzene rings is 1. The molecule has 1 fully saturated rings. The van der Waals surface area contributed by atoms with Crippen molar-refractivity contribution in [3.63, 3.8) is 0 Å². The number of aryl methyl sites for hydroxylation is 1. The maximum Gasteiger partial charge on any atom is 0.253 e. The Bertz CT molecular complexity index is 1030. The van der Waals surface area contributed by atoms with E-state index in [9.17, 15) is 4.79 Å². The van der Waals surface area contributed by atoms with E-state index in [1.807, 2.05) is 72.6 Å². The van der Waals surface area contributed by atoms with Crippen LogP contribution in [0.3, 0.4) is 0 Å². The van der Waals surface area contributed by atoms with Gasteiger partial charge >= 0.3 is 0 Å². The molecule has 0 N–H and O–H groups in total. The molecule has 0 saturated carbocycles. The largest absolute Gasteiger partial charge is 0.378 e. The fraction of sp³-hybridized carbons (Fsp3) is 0.364. The third-order valence-corrected chi connectivity index (χ3v) is 5.66. The van der Waals surface area contributed by atoms with E-state index in [1.54, 1.807) is 12.7 Å². The highest BCUT2D eigenvalue weighted by atomic mass is 16.2. The third-order valence-electron chi connectivity index (χ3n) is 5.66. The molecule has 0 atom stereocenters. The van der Waals surface area contributed by atoms with Gasteiger partial charge in [-0.2, -0.15) is 0 Å². The van der Waals surface area contributed by atoms with Crippen LogP contribution in [0.2, 0.25) is 0 Å². The zero-order chi connectivity index (χ0) is 21.3. The van der Waals surface area contributed by atoms with Crippen LogP contribution >= 0.6 is 0 Å². The standard InChI is InChI=1S/C22H27N7O/c1-16-17(2)29(15-25-16)21-13-20(23-14-24-21)27-9-11-28(12-10-27)22(30)18-5-7-19(8-6-18)26(3)4/h5-8,13-15H,9-12H2,1-4H3. The first kappa shape index (κ1) is 19.9. The Hall–Kier alpha value is -3.42. The molecule has 0 unspecified atom stereocenters. The summed E-state index contributed by atoms with van der Waals surface area (Å²) in [7, 11) is 3.98. The first-order valence-corrected chi connectivity index (χ1v) is 10.1. The quantitative estimate of drug-likeness (QED) is 0.663. The summed E-state index contributed by atoms with van der Waals surface area (Å²) in [4.78, 5) is 32.2. The maximum absolute atomic E-state index is 12.9. The van der Waals surface area contributed by atoms with Crippen molar-refractivity contribution in [3.8, 4) is 5.82 Å². The summed E-state index contributed by atoms with van der Waals surface area (Å²) in [6.45, 7) is 6.81.